The third-order valence-electron chi connectivity index (χ3n) is 8.95. The van der Waals surface area contributed by atoms with Gasteiger partial charge in [-0.3, -0.25) is 4.98 Å². The summed E-state index contributed by atoms with van der Waals surface area (Å²) in [5, 5.41) is 24.1. The third kappa shape index (κ3) is 5.12. The summed E-state index contributed by atoms with van der Waals surface area (Å²) in [4.78, 5) is 16.3. The van der Waals surface area contributed by atoms with E-state index in [0.29, 0.717) is 34.4 Å². The molecule has 3 aliphatic rings. The lowest BCUT2D eigenvalue weighted by molar-refractivity contribution is 0.166. The molecule has 2 fully saturated rings. The summed E-state index contributed by atoms with van der Waals surface area (Å²) in [6.45, 7) is 11.4. The Kier molecular flexibility index (Phi) is 6.61. The fourth-order valence-electron chi connectivity index (χ4n) is 6.73. The van der Waals surface area contributed by atoms with Crippen LogP contribution in [-0.4, -0.2) is 40.6 Å². The van der Waals surface area contributed by atoms with Crippen LogP contribution in [0.1, 0.15) is 88.7 Å². The van der Waals surface area contributed by atoms with Crippen molar-refractivity contribution in [1.82, 2.24) is 19.7 Å². The molecule has 42 heavy (non-hydrogen) atoms. The summed E-state index contributed by atoms with van der Waals surface area (Å²) >= 11 is 0. The van der Waals surface area contributed by atoms with Gasteiger partial charge in [0.05, 0.1) is 23.4 Å². The highest BCUT2D eigenvalue weighted by atomic mass is 32.2. The van der Waals surface area contributed by atoms with Crippen LogP contribution in [0.15, 0.2) is 53.7 Å². The number of hydrogen-bond acceptors (Lipinski definition) is 9. The minimum absolute atomic E-state index is 0.0346. The van der Waals surface area contributed by atoms with Crippen molar-refractivity contribution in [3.63, 3.8) is 0 Å². The lowest BCUT2D eigenvalue weighted by Crippen LogP contribution is -2.41. The largest absolute Gasteiger partial charge is 0.373 e. The van der Waals surface area contributed by atoms with Gasteiger partial charge in [0.15, 0.2) is 5.03 Å². The molecule has 10 nitrogen and oxygen atoms in total. The van der Waals surface area contributed by atoms with Crippen LogP contribution in [0.2, 0.25) is 0 Å². The number of rotatable bonds is 1. The van der Waals surface area contributed by atoms with E-state index in [0.717, 1.165) is 31.5 Å². The molecule has 3 N–H and O–H groups in total. The van der Waals surface area contributed by atoms with Crippen molar-refractivity contribution in [3.05, 3.63) is 71.2 Å². The lowest BCUT2D eigenvalue weighted by atomic mass is 9.90. The van der Waals surface area contributed by atoms with E-state index >= 15 is 0 Å². The molecular formula is C31H37N7O3S. The zero-order valence-corrected chi connectivity index (χ0v) is 25.4. The minimum Gasteiger partial charge on any atom is -0.373 e. The maximum atomic E-state index is 13.5. The molecule has 0 aromatic carbocycles. The summed E-state index contributed by atoms with van der Waals surface area (Å²) in [5.41, 5.74) is 2.00. The number of nitrogens with one attached hydrogen (secondary N) is 2. The normalized spacial score (nSPS) is 27.8. The summed E-state index contributed by atoms with van der Waals surface area (Å²) in [7, 11) is -4.20. The molecule has 220 valence electrons. The van der Waals surface area contributed by atoms with Crippen LogP contribution in [0.3, 0.4) is 0 Å². The van der Waals surface area contributed by atoms with Gasteiger partial charge in [0, 0.05) is 35.0 Å². The summed E-state index contributed by atoms with van der Waals surface area (Å²) in [6, 6.07) is 13.7. The standard InChI is InChI=1S/C31H37N7O3S/c1-29(2,3)24-10-9-21-27(35-24)38-18-31(17-30(38,4)5)15-20(31)14-23(22-13-19(16-32)11-12-33-22)34-25-7-6-8-26(36-25)42(40,41)37-28(21)39/h6-13,20,23,28,37,39H,14-15,17-18H2,1-5H3,(H,34,36). The monoisotopic (exact) mass is 587 g/mol. The Morgan fingerprint density at radius 1 is 1.14 bits per heavy atom. The van der Waals surface area contributed by atoms with E-state index in [2.05, 4.69) is 65.6 Å². The van der Waals surface area contributed by atoms with Gasteiger partial charge in [-0.05, 0) is 80.8 Å². The smallest absolute Gasteiger partial charge is 0.260 e. The molecule has 2 aliphatic heterocycles. The molecule has 5 heterocycles. The van der Waals surface area contributed by atoms with E-state index in [1.54, 1.807) is 36.5 Å². The molecule has 4 unspecified atom stereocenters. The Balaban J connectivity index is 1.49. The second-order valence-corrected chi connectivity index (χ2v) is 15.3. The zero-order valence-electron chi connectivity index (χ0n) is 24.6. The van der Waals surface area contributed by atoms with Crippen LogP contribution < -0.4 is 14.9 Å². The van der Waals surface area contributed by atoms with Crippen molar-refractivity contribution < 1.29 is 13.5 Å². The lowest BCUT2D eigenvalue weighted by Gasteiger charge is -2.35. The molecule has 4 atom stereocenters. The van der Waals surface area contributed by atoms with E-state index in [1.165, 1.54) is 6.07 Å². The maximum Gasteiger partial charge on any atom is 0.260 e. The number of anilines is 2. The van der Waals surface area contributed by atoms with E-state index in [9.17, 15) is 18.8 Å². The summed E-state index contributed by atoms with van der Waals surface area (Å²) < 4.78 is 29.4. The summed E-state index contributed by atoms with van der Waals surface area (Å²) in [5.74, 6) is 1.33. The number of fused-ring (bicyclic) bond motifs is 5. The van der Waals surface area contributed by atoms with E-state index < -0.39 is 16.3 Å². The van der Waals surface area contributed by atoms with Gasteiger partial charge in [0.2, 0.25) is 0 Å². The van der Waals surface area contributed by atoms with Crippen LogP contribution in [0, 0.1) is 22.7 Å². The SMILES string of the molecule is CC(C)(C)c1ccc2c(n1)N1CC3(CC3CC(c3cc(C#N)ccn3)Nc3cccc(n3)S(=O)(=O)NC2O)CC1(C)C. The molecule has 3 aromatic rings. The molecule has 1 saturated carbocycles. The van der Waals surface area contributed by atoms with Crippen LogP contribution >= 0.6 is 0 Å². The van der Waals surface area contributed by atoms with Crippen LogP contribution in [-0.2, 0) is 15.4 Å². The fraction of sp³-hybridized carbons (Fsp3) is 0.484. The Bertz CT molecular complexity index is 1700. The molecule has 1 saturated heterocycles. The predicted molar refractivity (Wildman–Crippen MR) is 159 cm³/mol. The van der Waals surface area contributed by atoms with Gasteiger partial charge in [0.1, 0.15) is 17.9 Å². The molecule has 11 heteroatoms. The second-order valence-electron chi connectivity index (χ2n) is 13.6. The number of sulfonamides is 1. The van der Waals surface area contributed by atoms with Crippen LogP contribution in [0.25, 0.3) is 0 Å². The molecule has 1 spiro atoms. The Labute approximate surface area is 247 Å². The molecule has 0 amide bonds. The number of aliphatic hydroxyl groups is 1. The first kappa shape index (κ1) is 28.5. The number of nitriles is 1. The van der Waals surface area contributed by atoms with Crippen molar-refractivity contribution in [3.8, 4) is 6.07 Å². The average Bonchev–Trinajstić information content (AvgIpc) is 3.50. The highest BCUT2D eigenvalue weighted by Gasteiger charge is 2.63. The first-order valence-corrected chi connectivity index (χ1v) is 15.8. The van der Waals surface area contributed by atoms with Gasteiger partial charge < -0.3 is 15.3 Å². The summed E-state index contributed by atoms with van der Waals surface area (Å²) in [6.07, 6.45) is 2.80. The number of aromatic nitrogens is 3. The van der Waals surface area contributed by atoms with Crippen molar-refractivity contribution >= 4 is 21.7 Å². The molecule has 1 aliphatic carbocycles. The number of pyridine rings is 3. The van der Waals surface area contributed by atoms with Gasteiger partial charge in [-0.15, -0.1) is 0 Å². The Hall–Kier alpha value is -3.59. The Morgan fingerprint density at radius 2 is 1.93 bits per heavy atom. The van der Waals surface area contributed by atoms with E-state index in [1.807, 2.05) is 6.07 Å². The van der Waals surface area contributed by atoms with Gasteiger partial charge in [-0.2, -0.15) is 9.98 Å². The molecular weight excluding hydrogens is 550 g/mol. The average molecular weight is 588 g/mol. The second kappa shape index (κ2) is 9.73. The topological polar surface area (TPSA) is 144 Å². The first-order valence-electron chi connectivity index (χ1n) is 14.3. The van der Waals surface area contributed by atoms with Crippen molar-refractivity contribution in [2.24, 2.45) is 11.3 Å². The predicted octanol–water partition coefficient (Wildman–Crippen LogP) is 4.56. The number of aliphatic hydroxyl groups excluding tert-OH is 1. The third-order valence-corrected chi connectivity index (χ3v) is 10.3. The van der Waals surface area contributed by atoms with E-state index in [-0.39, 0.29) is 27.4 Å². The number of nitrogens with zero attached hydrogens (tertiary/aromatic N) is 5. The van der Waals surface area contributed by atoms with Crippen LogP contribution in [0.4, 0.5) is 11.6 Å². The first-order chi connectivity index (χ1) is 19.7. The molecule has 3 aromatic heterocycles. The quantitative estimate of drug-likeness (QED) is 0.373. The Morgan fingerprint density at radius 3 is 2.67 bits per heavy atom. The highest BCUT2D eigenvalue weighted by Crippen LogP contribution is 2.65. The van der Waals surface area contributed by atoms with Gasteiger partial charge in [-0.1, -0.05) is 26.8 Å². The van der Waals surface area contributed by atoms with Crippen molar-refractivity contribution in [1.29, 1.82) is 5.26 Å². The molecule has 6 rings (SSSR count). The van der Waals surface area contributed by atoms with Crippen molar-refractivity contribution in [2.75, 3.05) is 16.8 Å². The maximum absolute atomic E-state index is 13.5. The van der Waals surface area contributed by atoms with Gasteiger partial charge in [0.25, 0.3) is 10.0 Å². The minimum atomic E-state index is -4.20. The van der Waals surface area contributed by atoms with Gasteiger partial charge >= 0.3 is 0 Å². The fourth-order valence-corrected chi connectivity index (χ4v) is 7.74. The molecule has 4 bridgehead atoms. The zero-order chi connectivity index (χ0) is 30.1. The van der Waals surface area contributed by atoms with Crippen LogP contribution in [0.5, 0.6) is 0 Å². The number of hydrogen-bond donors (Lipinski definition) is 3. The highest BCUT2D eigenvalue weighted by molar-refractivity contribution is 7.89. The molecule has 0 radical (unpaired) electrons. The van der Waals surface area contributed by atoms with Gasteiger partial charge in [-0.25, -0.2) is 18.4 Å². The van der Waals surface area contributed by atoms with E-state index in [4.69, 9.17) is 4.98 Å². The van der Waals surface area contributed by atoms with Crippen molar-refractivity contribution in [2.45, 2.75) is 82.1 Å².